The first-order chi connectivity index (χ1) is 11.2. The van der Waals surface area contributed by atoms with Crippen molar-refractivity contribution >= 4 is 17.5 Å². The largest absolute Gasteiger partial charge is 0.496 e. The fraction of sp³-hybridized carbons (Fsp3) is 0.316. The van der Waals surface area contributed by atoms with Crippen LogP contribution in [0.25, 0.3) is 0 Å². The number of ketones is 1. The predicted molar refractivity (Wildman–Crippen MR) is 93.3 cm³/mol. The topological polar surface area (TPSA) is 35.5 Å². The first-order valence-corrected chi connectivity index (χ1v) is 8.60. The van der Waals surface area contributed by atoms with E-state index >= 15 is 0 Å². The van der Waals surface area contributed by atoms with Crippen LogP contribution in [0, 0.1) is 0 Å². The Kier molecular flexibility index (Phi) is 4.91. The second kappa shape index (κ2) is 7.09. The third-order valence-electron chi connectivity index (χ3n) is 4.13. The summed E-state index contributed by atoms with van der Waals surface area (Å²) in [5, 5.41) is 0.227. The van der Waals surface area contributed by atoms with E-state index in [2.05, 4.69) is 0 Å². The summed E-state index contributed by atoms with van der Waals surface area (Å²) in [5.41, 5.74) is 2.18. The zero-order valence-corrected chi connectivity index (χ0v) is 14.1. The van der Waals surface area contributed by atoms with Crippen LogP contribution >= 0.6 is 11.8 Å². The average molecular weight is 328 g/mol. The smallest absolute Gasteiger partial charge is 0.135 e. The third kappa shape index (κ3) is 3.37. The summed E-state index contributed by atoms with van der Waals surface area (Å²) in [6.45, 7) is 0. The van der Waals surface area contributed by atoms with Gasteiger partial charge in [0, 0.05) is 34.5 Å². The van der Waals surface area contributed by atoms with Gasteiger partial charge in [-0.3, -0.25) is 4.79 Å². The Morgan fingerprint density at radius 3 is 1.70 bits per heavy atom. The minimum Gasteiger partial charge on any atom is -0.496 e. The van der Waals surface area contributed by atoms with Crippen LogP contribution in [0.3, 0.4) is 0 Å². The van der Waals surface area contributed by atoms with Crippen LogP contribution in [0.5, 0.6) is 11.5 Å². The molecule has 0 spiro atoms. The molecule has 0 unspecified atom stereocenters. The molecule has 1 heterocycles. The highest BCUT2D eigenvalue weighted by atomic mass is 32.2. The van der Waals surface area contributed by atoms with Gasteiger partial charge in [-0.2, -0.15) is 0 Å². The second-order valence-electron chi connectivity index (χ2n) is 5.54. The molecule has 2 atom stereocenters. The minimum absolute atomic E-state index is 0.113. The Hall–Kier alpha value is -1.94. The van der Waals surface area contributed by atoms with Crippen molar-refractivity contribution in [1.29, 1.82) is 0 Å². The summed E-state index contributed by atoms with van der Waals surface area (Å²) >= 11 is 1.82. The first-order valence-electron chi connectivity index (χ1n) is 7.66. The van der Waals surface area contributed by atoms with E-state index in [1.807, 2.05) is 60.3 Å². The maximum atomic E-state index is 12.3. The quantitative estimate of drug-likeness (QED) is 0.823. The molecule has 23 heavy (non-hydrogen) atoms. The van der Waals surface area contributed by atoms with Gasteiger partial charge in [-0.1, -0.05) is 36.4 Å². The lowest BCUT2D eigenvalue weighted by atomic mass is 9.99. The predicted octanol–water partition coefficient (Wildman–Crippen LogP) is 4.58. The van der Waals surface area contributed by atoms with Crippen molar-refractivity contribution in [2.75, 3.05) is 14.2 Å². The highest BCUT2D eigenvalue weighted by Gasteiger charge is 2.32. The van der Waals surface area contributed by atoms with Gasteiger partial charge in [0.25, 0.3) is 0 Å². The SMILES string of the molecule is COc1ccccc1[C@H]1CC(=O)C[C@H](c2ccccc2OC)S1. The van der Waals surface area contributed by atoms with Crippen molar-refractivity contribution in [2.45, 2.75) is 23.3 Å². The van der Waals surface area contributed by atoms with Gasteiger partial charge in [-0.25, -0.2) is 0 Å². The molecular weight excluding hydrogens is 308 g/mol. The molecule has 4 heteroatoms. The van der Waals surface area contributed by atoms with Crippen molar-refractivity contribution in [3.63, 3.8) is 0 Å². The Balaban J connectivity index is 1.92. The Labute approximate surface area is 141 Å². The number of carbonyl (C=O) groups is 1. The van der Waals surface area contributed by atoms with Crippen LogP contribution in [0.2, 0.25) is 0 Å². The second-order valence-corrected chi connectivity index (χ2v) is 6.95. The van der Waals surface area contributed by atoms with Crippen LogP contribution in [-0.2, 0) is 4.79 Å². The van der Waals surface area contributed by atoms with Gasteiger partial charge in [0.15, 0.2) is 0 Å². The summed E-state index contributed by atoms with van der Waals surface area (Å²) in [6, 6.07) is 15.9. The number of carbonyl (C=O) groups excluding carboxylic acids is 1. The molecule has 0 N–H and O–H groups in total. The van der Waals surface area contributed by atoms with Crippen molar-refractivity contribution in [1.82, 2.24) is 0 Å². The number of thioether (sulfide) groups is 1. The molecule has 2 aromatic carbocycles. The molecule has 1 aliphatic rings. The van der Waals surface area contributed by atoms with Crippen LogP contribution in [0.1, 0.15) is 34.5 Å². The maximum Gasteiger partial charge on any atom is 0.135 e. The molecule has 1 fully saturated rings. The van der Waals surface area contributed by atoms with E-state index in [1.54, 1.807) is 14.2 Å². The molecule has 0 saturated carbocycles. The van der Waals surface area contributed by atoms with Crippen molar-refractivity contribution in [3.05, 3.63) is 59.7 Å². The van der Waals surface area contributed by atoms with Crippen LogP contribution in [-0.4, -0.2) is 20.0 Å². The number of para-hydroxylation sites is 2. The van der Waals surface area contributed by atoms with Gasteiger partial charge in [-0.15, -0.1) is 11.8 Å². The molecular formula is C19H20O3S. The summed E-state index contributed by atoms with van der Waals surface area (Å²) < 4.78 is 10.9. The summed E-state index contributed by atoms with van der Waals surface area (Å²) in [7, 11) is 3.34. The number of rotatable bonds is 4. The summed E-state index contributed by atoms with van der Waals surface area (Å²) in [5.74, 6) is 1.98. The summed E-state index contributed by atoms with van der Waals surface area (Å²) in [6.07, 6.45) is 1.10. The van der Waals surface area contributed by atoms with E-state index in [0.29, 0.717) is 12.8 Å². The van der Waals surface area contributed by atoms with E-state index in [1.165, 1.54) is 0 Å². The van der Waals surface area contributed by atoms with Crippen LogP contribution < -0.4 is 9.47 Å². The molecule has 0 aliphatic carbocycles. The zero-order chi connectivity index (χ0) is 16.2. The van der Waals surface area contributed by atoms with E-state index in [9.17, 15) is 4.79 Å². The van der Waals surface area contributed by atoms with E-state index < -0.39 is 0 Å². The number of methoxy groups -OCH3 is 2. The fourth-order valence-corrected chi connectivity index (χ4v) is 4.67. The lowest BCUT2D eigenvalue weighted by molar-refractivity contribution is -0.119. The average Bonchev–Trinajstić information content (AvgIpc) is 2.61. The Bertz CT molecular complexity index is 641. The number of ether oxygens (including phenoxy) is 2. The van der Waals surface area contributed by atoms with Gasteiger partial charge >= 0.3 is 0 Å². The standard InChI is InChI=1S/C19H20O3S/c1-21-16-9-5-3-7-14(16)18-11-13(20)12-19(23-18)15-8-4-6-10-17(15)22-2/h3-10,18-19H,11-12H2,1-2H3/t18-,19-/m1/s1. The molecule has 2 aromatic rings. The fourth-order valence-electron chi connectivity index (χ4n) is 3.02. The van der Waals surface area contributed by atoms with Gasteiger partial charge in [-0.05, 0) is 12.1 Å². The molecule has 3 nitrogen and oxygen atoms in total. The minimum atomic E-state index is 0.113. The van der Waals surface area contributed by atoms with Crippen LogP contribution in [0.4, 0.5) is 0 Å². The van der Waals surface area contributed by atoms with Crippen LogP contribution in [0.15, 0.2) is 48.5 Å². The maximum absolute atomic E-state index is 12.3. The normalized spacial score (nSPS) is 21.0. The third-order valence-corrected chi connectivity index (χ3v) is 5.62. The highest BCUT2D eigenvalue weighted by Crippen LogP contribution is 2.52. The Morgan fingerprint density at radius 2 is 1.26 bits per heavy atom. The lowest BCUT2D eigenvalue weighted by Gasteiger charge is -2.30. The molecule has 1 aliphatic heterocycles. The van der Waals surface area contributed by atoms with Gasteiger partial charge in [0.05, 0.1) is 14.2 Å². The lowest BCUT2D eigenvalue weighted by Crippen LogP contribution is -2.16. The number of hydrogen-bond donors (Lipinski definition) is 0. The molecule has 3 rings (SSSR count). The first kappa shape index (κ1) is 15.9. The van der Waals surface area contributed by atoms with Crippen molar-refractivity contribution in [3.8, 4) is 11.5 Å². The molecule has 1 saturated heterocycles. The molecule has 0 radical (unpaired) electrons. The Morgan fingerprint density at radius 1 is 0.826 bits per heavy atom. The van der Waals surface area contributed by atoms with Gasteiger partial charge in [0.2, 0.25) is 0 Å². The highest BCUT2D eigenvalue weighted by molar-refractivity contribution is 7.99. The van der Waals surface area contributed by atoms with E-state index in [0.717, 1.165) is 22.6 Å². The van der Waals surface area contributed by atoms with Crippen molar-refractivity contribution < 1.29 is 14.3 Å². The zero-order valence-electron chi connectivity index (χ0n) is 13.3. The molecule has 0 amide bonds. The summed E-state index contributed by atoms with van der Waals surface area (Å²) in [4.78, 5) is 12.3. The monoisotopic (exact) mass is 328 g/mol. The number of hydrogen-bond acceptors (Lipinski definition) is 4. The molecule has 0 bridgehead atoms. The number of Topliss-reactive ketones (excluding diaryl/α,β-unsaturated/α-hetero) is 1. The number of benzene rings is 2. The molecule has 120 valence electrons. The van der Waals surface area contributed by atoms with E-state index in [4.69, 9.17) is 9.47 Å². The van der Waals surface area contributed by atoms with Gasteiger partial charge in [0.1, 0.15) is 17.3 Å². The molecule has 0 aromatic heterocycles. The van der Waals surface area contributed by atoms with Gasteiger partial charge < -0.3 is 9.47 Å². The van der Waals surface area contributed by atoms with E-state index in [-0.39, 0.29) is 16.3 Å². The van der Waals surface area contributed by atoms with Crippen molar-refractivity contribution in [2.24, 2.45) is 0 Å².